The van der Waals surface area contributed by atoms with Gasteiger partial charge in [-0.3, -0.25) is 0 Å². The van der Waals surface area contributed by atoms with Crippen LogP contribution in [0.25, 0.3) is 0 Å². The maximum atomic E-state index is 3.69. The SMILES string of the molecule is CCCCCC(CCCCC)NCC=C(C)C. The zero-order valence-electron chi connectivity index (χ0n) is 12.5. The van der Waals surface area contributed by atoms with E-state index in [-0.39, 0.29) is 0 Å². The lowest BCUT2D eigenvalue weighted by atomic mass is 10.0. The van der Waals surface area contributed by atoms with E-state index >= 15 is 0 Å². The average molecular weight is 239 g/mol. The molecule has 0 aromatic heterocycles. The summed E-state index contributed by atoms with van der Waals surface area (Å²) in [6.45, 7) is 9.95. The summed E-state index contributed by atoms with van der Waals surface area (Å²) >= 11 is 0. The maximum Gasteiger partial charge on any atom is 0.0139 e. The van der Waals surface area contributed by atoms with Crippen LogP contribution in [0.5, 0.6) is 0 Å². The van der Waals surface area contributed by atoms with Crippen LogP contribution >= 0.6 is 0 Å². The minimum atomic E-state index is 0.740. The van der Waals surface area contributed by atoms with Gasteiger partial charge in [0.2, 0.25) is 0 Å². The first-order valence-corrected chi connectivity index (χ1v) is 7.57. The number of rotatable bonds is 11. The molecule has 17 heavy (non-hydrogen) atoms. The van der Waals surface area contributed by atoms with Crippen LogP contribution in [-0.4, -0.2) is 12.6 Å². The van der Waals surface area contributed by atoms with Crippen molar-refractivity contribution in [3.05, 3.63) is 11.6 Å². The highest BCUT2D eigenvalue weighted by molar-refractivity contribution is 4.94. The molecule has 0 heterocycles. The minimum absolute atomic E-state index is 0.740. The predicted molar refractivity (Wildman–Crippen MR) is 79.5 cm³/mol. The van der Waals surface area contributed by atoms with Crippen molar-refractivity contribution in [3.8, 4) is 0 Å². The summed E-state index contributed by atoms with van der Waals surface area (Å²) in [5, 5.41) is 3.69. The number of nitrogens with one attached hydrogen (secondary N) is 1. The third-order valence-corrected chi connectivity index (χ3v) is 3.23. The molecule has 0 radical (unpaired) electrons. The minimum Gasteiger partial charge on any atom is -0.311 e. The monoisotopic (exact) mass is 239 g/mol. The molecule has 0 aliphatic rings. The van der Waals surface area contributed by atoms with Crippen LogP contribution in [0, 0.1) is 0 Å². The number of allylic oxidation sites excluding steroid dienone is 1. The van der Waals surface area contributed by atoms with Gasteiger partial charge >= 0.3 is 0 Å². The molecule has 1 nitrogen and oxygen atoms in total. The van der Waals surface area contributed by atoms with Crippen molar-refractivity contribution in [1.82, 2.24) is 5.32 Å². The Kier molecular flexibility index (Phi) is 12.0. The third kappa shape index (κ3) is 12.0. The van der Waals surface area contributed by atoms with Crippen LogP contribution in [0.2, 0.25) is 0 Å². The van der Waals surface area contributed by atoms with Gasteiger partial charge in [0.15, 0.2) is 0 Å². The second kappa shape index (κ2) is 12.2. The standard InChI is InChI=1S/C16H33N/c1-5-7-9-11-16(12-10-8-6-2)17-14-13-15(3)4/h13,16-17H,5-12,14H2,1-4H3. The molecule has 0 spiro atoms. The van der Waals surface area contributed by atoms with Crippen LogP contribution in [0.3, 0.4) is 0 Å². The maximum absolute atomic E-state index is 3.69. The molecule has 0 aromatic rings. The first kappa shape index (κ1) is 16.7. The molecule has 0 aliphatic carbocycles. The smallest absolute Gasteiger partial charge is 0.0139 e. The second-order valence-corrected chi connectivity index (χ2v) is 5.38. The molecule has 0 aromatic carbocycles. The molecule has 0 fully saturated rings. The molecule has 0 saturated heterocycles. The quantitative estimate of drug-likeness (QED) is 0.392. The van der Waals surface area contributed by atoms with Crippen molar-refractivity contribution in [3.63, 3.8) is 0 Å². The topological polar surface area (TPSA) is 12.0 Å². The zero-order chi connectivity index (χ0) is 12.9. The molecule has 1 heteroatoms. The molecule has 0 atom stereocenters. The van der Waals surface area contributed by atoms with E-state index in [9.17, 15) is 0 Å². The first-order chi connectivity index (χ1) is 8.20. The third-order valence-electron chi connectivity index (χ3n) is 3.23. The molecule has 0 amide bonds. The Balaban J connectivity index is 3.79. The van der Waals surface area contributed by atoms with E-state index in [1.807, 2.05) is 0 Å². The van der Waals surface area contributed by atoms with E-state index in [0.717, 1.165) is 12.6 Å². The van der Waals surface area contributed by atoms with Crippen LogP contribution in [-0.2, 0) is 0 Å². The fourth-order valence-corrected chi connectivity index (χ4v) is 2.06. The summed E-state index contributed by atoms with van der Waals surface area (Å²) in [6.07, 6.45) is 13.2. The van der Waals surface area contributed by atoms with E-state index in [4.69, 9.17) is 0 Å². The number of unbranched alkanes of at least 4 members (excludes halogenated alkanes) is 4. The lowest BCUT2D eigenvalue weighted by Crippen LogP contribution is -2.29. The number of hydrogen-bond donors (Lipinski definition) is 1. The van der Waals surface area contributed by atoms with Crippen LogP contribution in [0.1, 0.15) is 79.1 Å². The van der Waals surface area contributed by atoms with Crippen molar-refractivity contribution < 1.29 is 0 Å². The van der Waals surface area contributed by atoms with Gasteiger partial charge in [-0.2, -0.15) is 0 Å². The van der Waals surface area contributed by atoms with E-state index in [2.05, 4.69) is 39.1 Å². The molecule has 0 aliphatic heterocycles. The van der Waals surface area contributed by atoms with Gasteiger partial charge in [0.05, 0.1) is 0 Å². The molecule has 0 rings (SSSR count). The lowest BCUT2D eigenvalue weighted by Gasteiger charge is -2.17. The van der Waals surface area contributed by atoms with E-state index in [0.29, 0.717) is 0 Å². The molecular weight excluding hydrogens is 206 g/mol. The first-order valence-electron chi connectivity index (χ1n) is 7.57. The molecule has 0 bridgehead atoms. The van der Waals surface area contributed by atoms with Gasteiger partial charge in [-0.25, -0.2) is 0 Å². The van der Waals surface area contributed by atoms with Crippen molar-refractivity contribution in [2.45, 2.75) is 85.1 Å². The normalized spacial score (nSPS) is 10.9. The Labute approximate surface area is 109 Å². The van der Waals surface area contributed by atoms with Gasteiger partial charge in [-0.1, -0.05) is 64.0 Å². The Bertz CT molecular complexity index is 170. The van der Waals surface area contributed by atoms with Gasteiger partial charge in [-0.05, 0) is 26.7 Å². The summed E-state index contributed by atoms with van der Waals surface area (Å²) in [5.41, 5.74) is 1.42. The van der Waals surface area contributed by atoms with Gasteiger partial charge in [0.25, 0.3) is 0 Å². The molecule has 1 N–H and O–H groups in total. The highest BCUT2D eigenvalue weighted by Gasteiger charge is 2.06. The number of hydrogen-bond acceptors (Lipinski definition) is 1. The van der Waals surface area contributed by atoms with Crippen molar-refractivity contribution in [1.29, 1.82) is 0 Å². The fraction of sp³-hybridized carbons (Fsp3) is 0.875. The molecular formula is C16H33N. The van der Waals surface area contributed by atoms with Crippen LogP contribution in [0.4, 0.5) is 0 Å². The summed E-state index contributed by atoms with van der Waals surface area (Å²) in [5.74, 6) is 0. The zero-order valence-corrected chi connectivity index (χ0v) is 12.5. The van der Waals surface area contributed by atoms with Crippen molar-refractivity contribution in [2.24, 2.45) is 0 Å². The summed E-state index contributed by atoms with van der Waals surface area (Å²) in [4.78, 5) is 0. The highest BCUT2D eigenvalue weighted by atomic mass is 14.9. The fourth-order valence-electron chi connectivity index (χ4n) is 2.06. The predicted octanol–water partition coefficient (Wildman–Crippen LogP) is 5.07. The van der Waals surface area contributed by atoms with Crippen molar-refractivity contribution in [2.75, 3.05) is 6.54 Å². The highest BCUT2D eigenvalue weighted by Crippen LogP contribution is 2.11. The van der Waals surface area contributed by atoms with Crippen LogP contribution in [0.15, 0.2) is 11.6 Å². The molecule has 0 saturated carbocycles. The van der Waals surface area contributed by atoms with Crippen molar-refractivity contribution >= 4 is 0 Å². The molecule has 0 unspecified atom stereocenters. The van der Waals surface area contributed by atoms with E-state index in [1.165, 1.54) is 56.9 Å². The summed E-state index contributed by atoms with van der Waals surface area (Å²) in [7, 11) is 0. The largest absolute Gasteiger partial charge is 0.311 e. The lowest BCUT2D eigenvalue weighted by molar-refractivity contribution is 0.433. The summed E-state index contributed by atoms with van der Waals surface area (Å²) in [6, 6.07) is 0.740. The van der Waals surface area contributed by atoms with Gasteiger partial charge in [-0.15, -0.1) is 0 Å². The van der Waals surface area contributed by atoms with E-state index < -0.39 is 0 Å². The second-order valence-electron chi connectivity index (χ2n) is 5.38. The van der Waals surface area contributed by atoms with Crippen LogP contribution < -0.4 is 5.32 Å². The van der Waals surface area contributed by atoms with Gasteiger partial charge < -0.3 is 5.32 Å². The molecule has 102 valence electrons. The van der Waals surface area contributed by atoms with E-state index in [1.54, 1.807) is 0 Å². The Morgan fingerprint density at radius 2 is 1.47 bits per heavy atom. The Morgan fingerprint density at radius 3 is 1.88 bits per heavy atom. The van der Waals surface area contributed by atoms with Gasteiger partial charge in [0, 0.05) is 12.6 Å². The average Bonchev–Trinajstić information content (AvgIpc) is 2.28. The van der Waals surface area contributed by atoms with Gasteiger partial charge in [0.1, 0.15) is 0 Å². The Morgan fingerprint density at radius 1 is 0.941 bits per heavy atom. The Hall–Kier alpha value is -0.300. The summed E-state index contributed by atoms with van der Waals surface area (Å²) < 4.78 is 0.